The van der Waals surface area contributed by atoms with Gasteiger partial charge in [-0.3, -0.25) is 0 Å². The monoisotopic (exact) mass is 326 g/mol. The molecule has 3 aromatic rings. The van der Waals surface area contributed by atoms with Crippen LogP contribution >= 0.6 is 0 Å². The number of nitrogens with one attached hydrogen (secondary N) is 1. The van der Waals surface area contributed by atoms with Gasteiger partial charge in [0.15, 0.2) is 11.6 Å². The smallest absolute Gasteiger partial charge is 0.163 e. The number of nitrogens with two attached hydrogens (primary N) is 2. The zero-order chi connectivity index (χ0) is 16.7. The van der Waals surface area contributed by atoms with Gasteiger partial charge >= 0.3 is 0 Å². The number of fused-ring (bicyclic) bond motifs is 1. The van der Waals surface area contributed by atoms with E-state index < -0.39 is 5.82 Å². The Morgan fingerprint density at radius 1 is 1.21 bits per heavy atom. The molecule has 7 heteroatoms. The Balaban J connectivity index is 1.79. The summed E-state index contributed by atoms with van der Waals surface area (Å²) in [5.41, 5.74) is 14.2. The maximum absolute atomic E-state index is 14.4. The standard InChI is InChI=1S/C17H19FN6/c18-12-8-23-17(11-7-22-16-9(11)4-2-6-21-16)24-15(12)10-3-1-5-13(19)14(10)20/h2,4,6-8,10,13-14H,1,3,5,19-20H2,(H,21,22). The molecular formula is C17H19FN6. The van der Waals surface area contributed by atoms with Crippen LogP contribution in [0.25, 0.3) is 22.4 Å². The number of aromatic nitrogens is 4. The third-order valence-corrected chi connectivity index (χ3v) is 4.83. The number of H-pyrrole nitrogens is 1. The molecule has 0 aliphatic heterocycles. The molecule has 0 radical (unpaired) electrons. The molecule has 3 unspecified atom stereocenters. The zero-order valence-corrected chi connectivity index (χ0v) is 13.1. The highest BCUT2D eigenvalue weighted by atomic mass is 19.1. The van der Waals surface area contributed by atoms with E-state index in [2.05, 4.69) is 19.9 Å². The second-order valence-corrected chi connectivity index (χ2v) is 6.31. The van der Waals surface area contributed by atoms with E-state index in [1.54, 1.807) is 12.4 Å². The molecule has 1 fully saturated rings. The normalized spacial score (nSPS) is 24.4. The minimum absolute atomic E-state index is 0.126. The molecule has 3 aromatic heterocycles. The lowest BCUT2D eigenvalue weighted by Gasteiger charge is -2.33. The van der Waals surface area contributed by atoms with Crippen molar-refractivity contribution in [1.29, 1.82) is 0 Å². The average molecular weight is 326 g/mol. The number of nitrogens with zero attached hydrogens (tertiary/aromatic N) is 3. The quantitative estimate of drug-likeness (QED) is 0.668. The molecule has 1 aliphatic rings. The van der Waals surface area contributed by atoms with Crippen LogP contribution in [0.1, 0.15) is 30.9 Å². The van der Waals surface area contributed by atoms with Crippen molar-refractivity contribution in [2.75, 3.05) is 0 Å². The van der Waals surface area contributed by atoms with Gasteiger partial charge in [-0.2, -0.15) is 0 Å². The van der Waals surface area contributed by atoms with Crippen LogP contribution in [0.3, 0.4) is 0 Å². The van der Waals surface area contributed by atoms with E-state index in [4.69, 9.17) is 11.5 Å². The fourth-order valence-electron chi connectivity index (χ4n) is 3.49. The third kappa shape index (κ3) is 2.46. The Hall–Kier alpha value is -2.38. The van der Waals surface area contributed by atoms with Gasteiger partial charge in [-0.05, 0) is 25.0 Å². The Kier molecular flexibility index (Phi) is 3.74. The van der Waals surface area contributed by atoms with E-state index >= 15 is 0 Å². The summed E-state index contributed by atoms with van der Waals surface area (Å²) in [6.45, 7) is 0. The molecule has 4 rings (SSSR count). The van der Waals surface area contributed by atoms with Crippen molar-refractivity contribution in [1.82, 2.24) is 19.9 Å². The number of rotatable bonds is 2. The lowest BCUT2D eigenvalue weighted by atomic mass is 9.80. The molecule has 5 N–H and O–H groups in total. The number of hydrogen-bond donors (Lipinski definition) is 3. The van der Waals surface area contributed by atoms with E-state index in [0.717, 1.165) is 35.9 Å². The highest BCUT2D eigenvalue weighted by Gasteiger charge is 2.32. The summed E-state index contributed by atoms with van der Waals surface area (Å²) < 4.78 is 14.4. The summed E-state index contributed by atoms with van der Waals surface area (Å²) in [4.78, 5) is 16.0. The van der Waals surface area contributed by atoms with Crippen LogP contribution in [0.2, 0.25) is 0 Å². The molecule has 3 heterocycles. The first-order valence-corrected chi connectivity index (χ1v) is 8.11. The zero-order valence-electron chi connectivity index (χ0n) is 13.1. The van der Waals surface area contributed by atoms with Gasteiger partial charge in [-0.15, -0.1) is 0 Å². The van der Waals surface area contributed by atoms with Gasteiger partial charge < -0.3 is 16.5 Å². The van der Waals surface area contributed by atoms with E-state index in [-0.39, 0.29) is 18.0 Å². The van der Waals surface area contributed by atoms with Crippen molar-refractivity contribution in [3.63, 3.8) is 0 Å². The van der Waals surface area contributed by atoms with Gasteiger partial charge in [0.25, 0.3) is 0 Å². The molecule has 0 spiro atoms. The maximum atomic E-state index is 14.4. The third-order valence-electron chi connectivity index (χ3n) is 4.83. The summed E-state index contributed by atoms with van der Waals surface area (Å²) in [5.74, 6) is -0.137. The minimum Gasteiger partial charge on any atom is -0.345 e. The topological polar surface area (TPSA) is 106 Å². The molecule has 0 saturated heterocycles. The second-order valence-electron chi connectivity index (χ2n) is 6.31. The minimum atomic E-state index is -0.425. The number of halogens is 1. The van der Waals surface area contributed by atoms with Crippen molar-refractivity contribution >= 4 is 11.0 Å². The Labute approximate surface area is 138 Å². The fraction of sp³-hybridized carbons (Fsp3) is 0.353. The maximum Gasteiger partial charge on any atom is 0.163 e. The number of hydrogen-bond acceptors (Lipinski definition) is 5. The number of pyridine rings is 1. The Morgan fingerprint density at radius 2 is 2.08 bits per heavy atom. The van der Waals surface area contributed by atoms with Gasteiger partial charge in [-0.25, -0.2) is 19.3 Å². The average Bonchev–Trinajstić information content (AvgIpc) is 3.02. The number of aromatic amines is 1. The van der Waals surface area contributed by atoms with E-state index in [1.807, 2.05) is 12.1 Å². The largest absolute Gasteiger partial charge is 0.345 e. The van der Waals surface area contributed by atoms with Crippen LogP contribution in [0, 0.1) is 5.82 Å². The molecule has 3 atom stereocenters. The molecular weight excluding hydrogens is 307 g/mol. The van der Waals surface area contributed by atoms with Crippen molar-refractivity contribution in [3.8, 4) is 11.4 Å². The SMILES string of the molecule is NC1CCCC(c2nc(-c3c[nH]c4ncccc34)ncc2F)C1N. The molecule has 1 aliphatic carbocycles. The Morgan fingerprint density at radius 3 is 2.96 bits per heavy atom. The van der Waals surface area contributed by atoms with Crippen molar-refractivity contribution in [2.24, 2.45) is 11.5 Å². The van der Waals surface area contributed by atoms with Crippen LogP contribution < -0.4 is 11.5 Å². The van der Waals surface area contributed by atoms with Gasteiger partial charge in [-0.1, -0.05) is 6.42 Å². The molecule has 6 nitrogen and oxygen atoms in total. The van der Waals surface area contributed by atoms with Crippen LogP contribution in [0.15, 0.2) is 30.7 Å². The van der Waals surface area contributed by atoms with Crippen molar-refractivity contribution in [3.05, 3.63) is 42.2 Å². The fourth-order valence-corrected chi connectivity index (χ4v) is 3.49. The lowest BCUT2D eigenvalue weighted by molar-refractivity contribution is 0.327. The molecule has 0 bridgehead atoms. The van der Waals surface area contributed by atoms with E-state index in [0.29, 0.717) is 11.5 Å². The predicted molar refractivity (Wildman–Crippen MR) is 89.6 cm³/mol. The summed E-state index contributed by atoms with van der Waals surface area (Å²) >= 11 is 0. The first kappa shape index (κ1) is 15.2. The summed E-state index contributed by atoms with van der Waals surface area (Å²) in [6.07, 6.45) is 7.31. The summed E-state index contributed by atoms with van der Waals surface area (Å²) in [7, 11) is 0. The molecule has 24 heavy (non-hydrogen) atoms. The van der Waals surface area contributed by atoms with Crippen molar-refractivity contribution in [2.45, 2.75) is 37.3 Å². The van der Waals surface area contributed by atoms with Crippen LogP contribution in [0.4, 0.5) is 4.39 Å². The van der Waals surface area contributed by atoms with E-state index in [1.165, 1.54) is 6.20 Å². The highest BCUT2D eigenvalue weighted by Crippen LogP contribution is 2.33. The summed E-state index contributed by atoms with van der Waals surface area (Å²) in [5, 5.41) is 0.903. The summed E-state index contributed by atoms with van der Waals surface area (Å²) in [6, 6.07) is 3.36. The Bertz CT molecular complexity index is 876. The molecule has 1 saturated carbocycles. The molecule has 0 amide bonds. The second kappa shape index (κ2) is 5.92. The first-order chi connectivity index (χ1) is 11.6. The van der Waals surface area contributed by atoms with Gasteiger partial charge in [0.05, 0.1) is 11.9 Å². The van der Waals surface area contributed by atoms with Crippen LogP contribution in [0.5, 0.6) is 0 Å². The van der Waals surface area contributed by atoms with Crippen molar-refractivity contribution < 1.29 is 4.39 Å². The lowest BCUT2D eigenvalue weighted by Crippen LogP contribution is -2.48. The van der Waals surface area contributed by atoms with Gasteiger partial charge in [0.2, 0.25) is 0 Å². The molecule has 124 valence electrons. The van der Waals surface area contributed by atoms with Gasteiger partial charge in [0, 0.05) is 41.3 Å². The first-order valence-electron chi connectivity index (χ1n) is 8.11. The highest BCUT2D eigenvalue weighted by molar-refractivity contribution is 5.91. The predicted octanol–water partition coefficient (Wildman–Crippen LogP) is 2.08. The van der Waals surface area contributed by atoms with Crippen LogP contribution in [-0.4, -0.2) is 32.0 Å². The van der Waals surface area contributed by atoms with Gasteiger partial charge in [0.1, 0.15) is 5.65 Å². The van der Waals surface area contributed by atoms with Crippen LogP contribution in [-0.2, 0) is 0 Å². The molecule has 0 aromatic carbocycles. The van der Waals surface area contributed by atoms with E-state index in [9.17, 15) is 4.39 Å².